The summed E-state index contributed by atoms with van der Waals surface area (Å²) in [6.07, 6.45) is 5.14. The first-order chi connectivity index (χ1) is 15.2. The van der Waals surface area contributed by atoms with E-state index in [1.165, 1.54) is 12.1 Å². The second-order valence-electron chi connectivity index (χ2n) is 9.29. The van der Waals surface area contributed by atoms with Crippen molar-refractivity contribution in [3.05, 3.63) is 48.5 Å². The SMILES string of the molecule is CC(=Nc1ccc(-c2c[nH]c3cc(F)ccc23)cn1)C1CCN(C(=O)OC(C)(C)C)CC1. The van der Waals surface area contributed by atoms with Crippen LogP contribution in [0.5, 0.6) is 0 Å². The summed E-state index contributed by atoms with van der Waals surface area (Å²) < 4.78 is 18.9. The average Bonchev–Trinajstić information content (AvgIpc) is 3.16. The van der Waals surface area contributed by atoms with Crippen molar-refractivity contribution in [2.45, 2.75) is 46.1 Å². The number of carbonyl (C=O) groups excluding carboxylic acids is 1. The molecular formula is C25H29FN4O2. The molecule has 0 bridgehead atoms. The van der Waals surface area contributed by atoms with Crippen LogP contribution in [-0.2, 0) is 4.74 Å². The lowest BCUT2D eigenvalue weighted by molar-refractivity contribution is 0.0201. The molecule has 0 atom stereocenters. The van der Waals surface area contributed by atoms with Gasteiger partial charge >= 0.3 is 6.09 Å². The molecule has 6 nitrogen and oxygen atoms in total. The van der Waals surface area contributed by atoms with Crippen LogP contribution in [0.1, 0.15) is 40.5 Å². The number of hydrogen-bond acceptors (Lipinski definition) is 4. The molecule has 7 heteroatoms. The third-order valence-corrected chi connectivity index (χ3v) is 5.73. The van der Waals surface area contributed by atoms with Crippen LogP contribution < -0.4 is 0 Å². The summed E-state index contributed by atoms with van der Waals surface area (Å²) in [6, 6.07) is 8.61. The van der Waals surface area contributed by atoms with Gasteiger partial charge in [0.05, 0.1) is 0 Å². The number of hydrogen-bond donors (Lipinski definition) is 1. The molecule has 1 amide bonds. The topological polar surface area (TPSA) is 70.6 Å². The number of aliphatic imine (C=N–C) groups is 1. The Balaban J connectivity index is 1.40. The Labute approximate surface area is 187 Å². The van der Waals surface area contributed by atoms with Crippen LogP contribution in [-0.4, -0.2) is 45.4 Å². The number of H-pyrrole nitrogens is 1. The number of likely N-dealkylation sites (tertiary alicyclic amines) is 1. The minimum Gasteiger partial charge on any atom is -0.444 e. The first-order valence-electron chi connectivity index (χ1n) is 11.0. The molecule has 0 saturated carbocycles. The van der Waals surface area contributed by atoms with Crippen LogP contribution in [0.25, 0.3) is 22.0 Å². The molecule has 0 spiro atoms. The molecule has 3 heterocycles. The molecule has 1 aromatic carbocycles. The van der Waals surface area contributed by atoms with Crippen LogP contribution in [0.2, 0.25) is 0 Å². The smallest absolute Gasteiger partial charge is 0.410 e. The highest BCUT2D eigenvalue weighted by Gasteiger charge is 2.27. The van der Waals surface area contributed by atoms with Crippen molar-refractivity contribution in [3.63, 3.8) is 0 Å². The highest BCUT2D eigenvalue weighted by molar-refractivity contribution is 5.95. The Kier molecular flexibility index (Phi) is 6.00. The number of ether oxygens (including phenoxy) is 1. The molecule has 1 aliphatic rings. The molecule has 1 fully saturated rings. The van der Waals surface area contributed by atoms with Crippen molar-refractivity contribution in [2.75, 3.05) is 13.1 Å². The molecule has 2 aromatic heterocycles. The third kappa shape index (κ3) is 4.98. The van der Waals surface area contributed by atoms with Crippen molar-refractivity contribution >= 4 is 28.5 Å². The Morgan fingerprint density at radius 1 is 1.22 bits per heavy atom. The summed E-state index contributed by atoms with van der Waals surface area (Å²) in [7, 11) is 0. The number of nitrogens with zero attached hydrogens (tertiary/aromatic N) is 3. The van der Waals surface area contributed by atoms with E-state index in [1.54, 1.807) is 17.2 Å². The van der Waals surface area contributed by atoms with Gasteiger partial charge in [0.1, 0.15) is 11.4 Å². The zero-order valence-electron chi connectivity index (χ0n) is 19.0. The lowest BCUT2D eigenvalue weighted by Crippen LogP contribution is -2.42. The fourth-order valence-corrected chi connectivity index (χ4v) is 4.03. The summed E-state index contributed by atoms with van der Waals surface area (Å²) in [5, 5.41) is 0.956. The average molecular weight is 437 g/mol. The second kappa shape index (κ2) is 8.73. The standard InChI is InChI=1S/C25H29FN4O2/c1-16(17-9-11-30(12-10-17)24(31)32-25(2,3)4)29-23-8-5-18(14-28-23)21-15-27-22-13-19(26)6-7-20(21)22/h5-8,13-15,17,27H,9-12H2,1-4H3. The molecule has 0 radical (unpaired) electrons. The lowest BCUT2D eigenvalue weighted by Gasteiger charge is -2.33. The maximum atomic E-state index is 13.4. The minimum atomic E-state index is -0.480. The van der Waals surface area contributed by atoms with Gasteiger partial charge in [0, 0.05) is 59.1 Å². The number of aromatic nitrogens is 2. The van der Waals surface area contributed by atoms with Gasteiger partial charge in [0.25, 0.3) is 0 Å². The molecule has 3 aromatic rings. The van der Waals surface area contributed by atoms with Crippen molar-refractivity contribution in [1.29, 1.82) is 0 Å². The van der Waals surface area contributed by atoms with Gasteiger partial charge in [-0.3, -0.25) is 0 Å². The normalized spacial score (nSPS) is 15.9. The molecule has 1 saturated heterocycles. The van der Waals surface area contributed by atoms with Gasteiger partial charge < -0.3 is 14.6 Å². The first-order valence-corrected chi connectivity index (χ1v) is 11.0. The molecule has 168 valence electrons. The van der Waals surface area contributed by atoms with Gasteiger partial charge in [-0.2, -0.15) is 0 Å². The van der Waals surface area contributed by atoms with Crippen molar-refractivity contribution in [1.82, 2.24) is 14.9 Å². The Morgan fingerprint density at radius 3 is 2.62 bits per heavy atom. The summed E-state index contributed by atoms with van der Waals surface area (Å²) >= 11 is 0. The summed E-state index contributed by atoms with van der Waals surface area (Å²) in [4.78, 5) is 26.4. The van der Waals surface area contributed by atoms with Crippen LogP contribution in [0.15, 0.2) is 47.7 Å². The van der Waals surface area contributed by atoms with Crippen molar-refractivity contribution in [3.8, 4) is 11.1 Å². The summed E-state index contributed by atoms with van der Waals surface area (Å²) in [5.41, 5.74) is 3.23. The molecular weight excluding hydrogens is 407 g/mol. The number of piperidine rings is 1. The molecule has 1 N–H and O–H groups in total. The van der Waals surface area contributed by atoms with Gasteiger partial charge in [-0.05, 0) is 70.9 Å². The number of rotatable bonds is 3. The van der Waals surface area contributed by atoms with Gasteiger partial charge in [0.15, 0.2) is 5.82 Å². The monoisotopic (exact) mass is 436 g/mol. The van der Waals surface area contributed by atoms with Crippen LogP contribution >= 0.6 is 0 Å². The van der Waals surface area contributed by atoms with E-state index in [0.717, 1.165) is 40.6 Å². The summed E-state index contributed by atoms with van der Waals surface area (Å²) in [5.74, 6) is 0.714. The van der Waals surface area contributed by atoms with Gasteiger partial charge in [-0.1, -0.05) is 0 Å². The molecule has 4 rings (SSSR count). The largest absolute Gasteiger partial charge is 0.444 e. The van der Waals surface area contributed by atoms with E-state index in [0.29, 0.717) is 24.8 Å². The Bertz CT molecular complexity index is 1140. The zero-order valence-corrected chi connectivity index (χ0v) is 19.0. The molecule has 1 aliphatic heterocycles. The predicted molar refractivity (Wildman–Crippen MR) is 125 cm³/mol. The van der Waals surface area contributed by atoms with Crippen LogP contribution in [0, 0.1) is 11.7 Å². The van der Waals surface area contributed by atoms with Crippen molar-refractivity contribution in [2.24, 2.45) is 10.9 Å². The van der Waals surface area contributed by atoms with E-state index in [-0.39, 0.29) is 11.9 Å². The number of benzene rings is 1. The highest BCUT2D eigenvalue weighted by atomic mass is 19.1. The number of pyridine rings is 1. The van der Waals surface area contributed by atoms with Crippen molar-refractivity contribution < 1.29 is 13.9 Å². The van der Waals surface area contributed by atoms with E-state index in [9.17, 15) is 9.18 Å². The maximum Gasteiger partial charge on any atom is 0.410 e. The van der Waals surface area contributed by atoms with Crippen LogP contribution in [0.4, 0.5) is 15.0 Å². The van der Waals surface area contributed by atoms with E-state index in [1.807, 2.05) is 46.0 Å². The number of halogens is 1. The fourth-order valence-electron chi connectivity index (χ4n) is 4.03. The first kappa shape index (κ1) is 22.0. The summed E-state index contributed by atoms with van der Waals surface area (Å²) in [6.45, 7) is 9.00. The number of aromatic amines is 1. The Morgan fingerprint density at radius 2 is 1.97 bits per heavy atom. The number of carbonyl (C=O) groups is 1. The minimum absolute atomic E-state index is 0.247. The molecule has 0 unspecified atom stereocenters. The number of amides is 1. The van der Waals surface area contributed by atoms with E-state index in [4.69, 9.17) is 9.73 Å². The predicted octanol–water partition coefficient (Wildman–Crippen LogP) is 6.11. The molecule has 0 aliphatic carbocycles. The number of fused-ring (bicyclic) bond motifs is 1. The lowest BCUT2D eigenvalue weighted by atomic mass is 9.93. The number of nitrogens with one attached hydrogen (secondary N) is 1. The van der Waals surface area contributed by atoms with Gasteiger partial charge in [0.2, 0.25) is 0 Å². The van der Waals surface area contributed by atoms with Gasteiger partial charge in [-0.25, -0.2) is 19.2 Å². The van der Waals surface area contributed by atoms with E-state index < -0.39 is 5.60 Å². The Hall–Kier alpha value is -3.22. The van der Waals surface area contributed by atoms with E-state index >= 15 is 0 Å². The maximum absolute atomic E-state index is 13.4. The molecule has 32 heavy (non-hydrogen) atoms. The van der Waals surface area contributed by atoms with Crippen LogP contribution in [0.3, 0.4) is 0 Å². The second-order valence-corrected chi connectivity index (χ2v) is 9.29. The zero-order chi connectivity index (χ0) is 22.9. The highest BCUT2D eigenvalue weighted by Crippen LogP contribution is 2.30. The quantitative estimate of drug-likeness (QED) is 0.504. The van der Waals surface area contributed by atoms with Gasteiger partial charge in [-0.15, -0.1) is 0 Å². The van der Waals surface area contributed by atoms with E-state index in [2.05, 4.69) is 9.97 Å². The fraction of sp³-hybridized carbons (Fsp3) is 0.400. The third-order valence-electron chi connectivity index (χ3n) is 5.73.